The molecule has 0 saturated carbocycles. The summed E-state index contributed by atoms with van der Waals surface area (Å²) in [5, 5.41) is 5.95. The largest absolute Gasteiger partial charge is 0.397 e. The first-order valence-electron chi connectivity index (χ1n) is 6.40. The van der Waals surface area contributed by atoms with Crippen LogP contribution in [0.15, 0.2) is 36.4 Å². The Morgan fingerprint density at radius 1 is 1.29 bits per heavy atom. The molecule has 2 rings (SSSR count). The SMILES string of the molecule is CCNC(=O)c1ccc(Nc2cc(F)cc(Cl)c2)c(N)c1. The van der Waals surface area contributed by atoms with Crippen LogP contribution in [0, 0.1) is 5.82 Å². The first-order chi connectivity index (χ1) is 9.99. The number of carbonyl (C=O) groups excluding carboxylic acids is 1. The molecule has 0 bridgehead atoms. The highest BCUT2D eigenvalue weighted by molar-refractivity contribution is 6.30. The van der Waals surface area contributed by atoms with E-state index in [4.69, 9.17) is 17.3 Å². The van der Waals surface area contributed by atoms with Crippen LogP contribution in [0.2, 0.25) is 5.02 Å². The number of nitrogen functional groups attached to an aromatic ring is 1. The fourth-order valence-corrected chi connectivity index (χ4v) is 2.08. The molecule has 0 fully saturated rings. The van der Waals surface area contributed by atoms with Crippen molar-refractivity contribution in [1.82, 2.24) is 5.32 Å². The van der Waals surface area contributed by atoms with E-state index in [0.29, 0.717) is 29.2 Å². The van der Waals surface area contributed by atoms with Crippen LogP contribution in [0.4, 0.5) is 21.5 Å². The van der Waals surface area contributed by atoms with Crippen molar-refractivity contribution in [2.75, 3.05) is 17.6 Å². The molecule has 110 valence electrons. The van der Waals surface area contributed by atoms with E-state index in [-0.39, 0.29) is 10.9 Å². The van der Waals surface area contributed by atoms with Gasteiger partial charge in [0.15, 0.2) is 0 Å². The highest BCUT2D eigenvalue weighted by Gasteiger charge is 2.08. The topological polar surface area (TPSA) is 67.2 Å². The van der Waals surface area contributed by atoms with E-state index in [2.05, 4.69) is 10.6 Å². The first-order valence-corrected chi connectivity index (χ1v) is 6.78. The van der Waals surface area contributed by atoms with E-state index >= 15 is 0 Å². The second-order valence-corrected chi connectivity index (χ2v) is 4.88. The van der Waals surface area contributed by atoms with Gasteiger partial charge in [-0.05, 0) is 43.3 Å². The monoisotopic (exact) mass is 307 g/mol. The zero-order valence-electron chi connectivity index (χ0n) is 11.4. The Labute approximate surface area is 127 Å². The molecule has 2 aromatic carbocycles. The van der Waals surface area contributed by atoms with Gasteiger partial charge in [-0.1, -0.05) is 11.6 Å². The third kappa shape index (κ3) is 3.86. The maximum atomic E-state index is 13.3. The molecule has 0 aliphatic heterocycles. The van der Waals surface area contributed by atoms with Crippen molar-refractivity contribution >= 4 is 34.6 Å². The molecule has 1 amide bonds. The Hall–Kier alpha value is -2.27. The fraction of sp³-hybridized carbons (Fsp3) is 0.133. The van der Waals surface area contributed by atoms with Crippen LogP contribution in [0.1, 0.15) is 17.3 Å². The summed E-state index contributed by atoms with van der Waals surface area (Å²) in [7, 11) is 0. The number of halogens is 2. The van der Waals surface area contributed by atoms with Gasteiger partial charge in [-0.3, -0.25) is 4.79 Å². The van der Waals surface area contributed by atoms with Gasteiger partial charge in [-0.25, -0.2) is 4.39 Å². The van der Waals surface area contributed by atoms with E-state index in [1.807, 2.05) is 6.92 Å². The van der Waals surface area contributed by atoms with E-state index in [0.717, 1.165) is 0 Å². The minimum Gasteiger partial charge on any atom is -0.397 e. The van der Waals surface area contributed by atoms with Crippen molar-refractivity contribution in [3.63, 3.8) is 0 Å². The predicted octanol–water partition coefficient (Wildman–Crippen LogP) is 3.55. The molecule has 0 spiro atoms. The number of amides is 1. The average Bonchev–Trinajstić information content (AvgIpc) is 2.40. The molecule has 0 saturated heterocycles. The minimum absolute atomic E-state index is 0.190. The van der Waals surface area contributed by atoms with Crippen molar-refractivity contribution in [2.24, 2.45) is 0 Å². The normalized spacial score (nSPS) is 10.2. The highest BCUT2D eigenvalue weighted by atomic mass is 35.5. The summed E-state index contributed by atoms with van der Waals surface area (Å²) in [6.45, 7) is 2.38. The predicted molar refractivity (Wildman–Crippen MR) is 83.6 cm³/mol. The molecule has 4 N–H and O–H groups in total. The van der Waals surface area contributed by atoms with Crippen molar-refractivity contribution in [3.05, 3.63) is 52.8 Å². The van der Waals surface area contributed by atoms with Gasteiger partial charge in [0.1, 0.15) is 5.82 Å². The van der Waals surface area contributed by atoms with Crippen LogP contribution in [-0.2, 0) is 0 Å². The van der Waals surface area contributed by atoms with Crippen LogP contribution in [0.25, 0.3) is 0 Å². The average molecular weight is 308 g/mol. The van der Waals surface area contributed by atoms with Gasteiger partial charge in [-0.15, -0.1) is 0 Å². The highest BCUT2D eigenvalue weighted by Crippen LogP contribution is 2.26. The number of carbonyl (C=O) groups is 1. The Kier molecular flexibility index (Phi) is 4.65. The smallest absolute Gasteiger partial charge is 0.251 e. The lowest BCUT2D eigenvalue weighted by Crippen LogP contribution is -2.22. The van der Waals surface area contributed by atoms with E-state index in [1.165, 1.54) is 12.1 Å². The van der Waals surface area contributed by atoms with Crippen molar-refractivity contribution in [3.8, 4) is 0 Å². The van der Waals surface area contributed by atoms with E-state index in [9.17, 15) is 9.18 Å². The molecule has 4 nitrogen and oxygen atoms in total. The van der Waals surface area contributed by atoms with Crippen molar-refractivity contribution in [2.45, 2.75) is 6.92 Å². The van der Waals surface area contributed by atoms with Crippen LogP contribution in [0.3, 0.4) is 0 Å². The number of nitrogens with two attached hydrogens (primary N) is 1. The lowest BCUT2D eigenvalue weighted by Gasteiger charge is -2.11. The Balaban J connectivity index is 2.23. The summed E-state index contributed by atoms with van der Waals surface area (Å²) >= 11 is 5.79. The molecule has 0 unspecified atom stereocenters. The quantitative estimate of drug-likeness (QED) is 0.757. The molecule has 6 heteroatoms. The Bertz CT molecular complexity index is 656. The molecular weight excluding hydrogens is 293 g/mol. The summed E-state index contributed by atoms with van der Waals surface area (Å²) in [6, 6.07) is 8.98. The van der Waals surface area contributed by atoms with E-state index in [1.54, 1.807) is 24.3 Å². The molecule has 0 aromatic heterocycles. The molecule has 0 radical (unpaired) electrons. The number of nitrogens with one attached hydrogen (secondary N) is 2. The molecule has 0 aliphatic rings. The third-order valence-electron chi connectivity index (χ3n) is 2.79. The summed E-state index contributed by atoms with van der Waals surface area (Å²) < 4.78 is 13.3. The molecular formula is C15H15ClFN3O. The maximum Gasteiger partial charge on any atom is 0.251 e. The van der Waals surface area contributed by atoms with Crippen LogP contribution in [0.5, 0.6) is 0 Å². The minimum atomic E-state index is -0.442. The molecule has 0 heterocycles. The van der Waals surface area contributed by atoms with Gasteiger partial charge in [0.25, 0.3) is 5.91 Å². The summed E-state index contributed by atoms with van der Waals surface area (Å²) in [5.41, 5.74) is 7.83. The molecule has 0 aliphatic carbocycles. The lowest BCUT2D eigenvalue weighted by atomic mass is 10.1. The second-order valence-electron chi connectivity index (χ2n) is 4.44. The third-order valence-corrected chi connectivity index (χ3v) is 3.01. The summed E-state index contributed by atoms with van der Waals surface area (Å²) in [6.07, 6.45) is 0. The van der Waals surface area contributed by atoms with Gasteiger partial charge in [0.2, 0.25) is 0 Å². The Morgan fingerprint density at radius 2 is 2.05 bits per heavy atom. The molecule has 21 heavy (non-hydrogen) atoms. The maximum absolute atomic E-state index is 13.3. The Morgan fingerprint density at radius 3 is 2.67 bits per heavy atom. The number of hydrogen-bond acceptors (Lipinski definition) is 3. The zero-order valence-corrected chi connectivity index (χ0v) is 12.2. The molecule has 2 aromatic rings. The summed E-state index contributed by atoms with van der Waals surface area (Å²) in [5.74, 6) is -0.632. The number of rotatable bonds is 4. The standard InChI is InChI=1S/C15H15ClFN3O/c1-2-19-15(21)9-3-4-14(13(18)5-9)20-12-7-10(16)6-11(17)8-12/h3-8,20H,2,18H2,1H3,(H,19,21). The van der Waals surface area contributed by atoms with Crippen LogP contribution in [-0.4, -0.2) is 12.5 Å². The number of benzene rings is 2. The zero-order chi connectivity index (χ0) is 15.4. The lowest BCUT2D eigenvalue weighted by molar-refractivity contribution is 0.0956. The second kappa shape index (κ2) is 6.45. The van der Waals surface area contributed by atoms with Gasteiger partial charge in [0.05, 0.1) is 11.4 Å². The van der Waals surface area contributed by atoms with Gasteiger partial charge in [-0.2, -0.15) is 0 Å². The van der Waals surface area contributed by atoms with Crippen LogP contribution >= 0.6 is 11.6 Å². The number of hydrogen-bond donors (Lipinski definition) is 3. The van der Waals surface area contributed by atoms with Crippen molar-refractivity contribution < 1.29 is 9.18 Å². The number of anilines is 3. The fourth-order valence-electron chi connectivity index (χ4n) is 1.86. The van der Waals surface area contributed by atoms with Crippen LogP contribution < -0.4 is 16.4 Å². The van der Waals surface area contributed by atoms with E-state index < -0.39 is 5.82 Å². The summed E-state index contributed by atoms with van der Waals surface area (Å²) in [4.78, 5) is 11.7. The first kappa shape index (κ1) is 15.1. The molecule has 0 atom stereocenters. The van der Waals surface area contributed by atoms with Gasteiger partial charge >= 0.3 is 0 Å². The van der Waals surface area contributed by atoms with Gasteiger partial charge in [0, 0.05) is 22.8 Å². The van der Waals surface area contributed by atoms with Crippen molar-refractivity contribution in [1.29, 1.82) is 0 Å². The van der Waals surface area contributed by atoms with Gasteiger partial charge < -0.3 is 16.4 Å².